The SMILES string of the molecule is CC(O)(c1ccc2ccccc2c1)c1cc2ccccc2oc1=O. The molecule has 1 aromatic heterocycles. The lowest BCUT2D eigenvalue weighted by Crippen LogP contribution is -2.29. The van der Waals surface area contributed by atoms with Crippen LogP contribution in [0, 0.1) is 0 Å². The van der Waals surface area contributed by atoms with Gasteiger partial charge in [-0.25, -0.2) is 4.79 Å². The minimum Gasteiger partial charge on any atom is -0.422 e. The predicted octanol–water partition coefficient (Wildman–Crippen LogP) is 4.20. The maximum atomic E-state index is 12.4. The van der Waals surface area contributed by atoms with Crippen molar-refractivity contribution in [1.29, 1.82) is 0 Å². The van der Waals surface area contributed by atoms with Gasteiger partial charge < -0.3 is 9.52 Å². The molecule has 0 spiro atoms. The summed E-state index contributed by atoms with van der Waals surface area (Å²) in [5.74, 6) is 0. The molecule has 4 aromatic rings. The molecule has 1 heterocycles. The van der Waals surface area contributed by atoms with Gasteiger partial charge in [-0.05, 0) is 41.5 Å². The Labute approximate surface area is 138 Å². The van der Waals surface area contributed by atoms with Crippen molar-refractivity contribution in [2.24, 2.45) is 0 Å². The average molecular weight is 316 g/mol. The quantitative estimate of drug-likeness (QED) is 0.564. The summed E-state index contributed by atoms with van der Waals surface area (Å²) in [6.07, 6.45) is 0. The largest absolute Gasteiger partial charge is 0.422 e. The van der Waals surface area contributed by atoms with Crippen LogP contribution in [0.1, 0.15) is 18.1 Å². The van der Waals surface area contributed by atoms with Gasteiger partial charge in [0.15, 0.2) is 0 Å². The van der Waals surface area contributed by atoms with Gasteiger partial charge in [0.2, 0.25) is 0 Å². The number of fused-ring (bicyclic) bond motifs is 2. The van der Waals surface area contributed by atoms with Crippen molar-refractivity contribution in [3.63, 3.8) is 0 Å². The van der Waals surface area contributed by atoms with Crippen LogP contribution in [0.25, 0.3) is 21.7 Å². The first-order chi connectivity index (χ1) is 11.6. The Bertz CT molecular complexity index is 1110. The zero-order valence-corrected chi connectivity index (χ0v) is 13.2. The highest BCUT2D eigenvalue weighted by atomic mass is 16.4. The summed E-state index contributed by atoms with van der Waals surface area (Å²) >= 11 is 0. The normalized spacial score (nSPS) is 13.9. The zero-order chi connectivity index (χ0) is 16.7. The van der Waals surface area contributed by atoms with E-state index in [2.05, 4.69) is 0 Å². The van der Waals surface area contributed by atoms with Gasteiger partial charge in [0.05, 0.1) is 5.56 Å². The number of benzene rings is 3. The molecule has 0 aliphatic heterocycles. The van der Waals surface area contributed by atoms with Crippen molar-refractivity contribution < 1.29 is 9.52 Å². The lowest BCUT2D eigenvalue weighted by molar-refractivity contribution is 0.0986. The minimum absolute atomic E-state index is 0.233. The van der Waals surface area contributed by atoms with Gasteiger partial charge in [0.1, 0.15) is 11.2 Å². The summed E-state index contributed by atoms with van der Waals surface area (Å²) in [6.45, 7) is 1.62. The van der Waals surface area contributed by atoms with Gasteiger partial charge in [-0.2, -0.15) is 0 Å². The number of hydrogen-bond donors (Lipinski definition) is 1. The van der Waals surface area contributed by atoms with Crippen LogP contribution in [0.15, 0.2) is 82.0 Å². The van der Waals surface area contributed by atoms with E-state index in [9.17, 15) is 9.90 Å². The first kappa shape index (κ1) is 14.7. The molecule has 1 atom stereocenters. The average Bonchev–Trinajstić information content (AvgIpc) is 2.60. The second-order valence-corrected chi connectivity index (χ2v) is 6.12. The van der Waals surface area contributed by atoms with Crippen LogP contribution >= 0.6 is 0 Å². The molecule has 3 nitrogen and oxygen atoms in total. The Morgan fingerprint density at radius 3 is 2.29 bits per heavy atom. The summed E-state index contributed by atoms with van der Waals surface area (Å²) in [5.41, 5.74) is -0.554. The van der Waals surface area contributed by atoms with E-state index < -0.39 is 11.2 Å². The maximum Gasteiger partial charge on any atom is 0.342 e. The van der Waals surface area contributed by atoms with Crippen LogP contribution in [0.5, 0.6) is 0 Å². The first-order valence-corrected chi connectivity index (χ1v) is 7.81. The summed E-state index contributed by atoms with van der Waals surface area (Å²) in [4.78, 5) is 12.4. The lowest BCUT2D eigenvalue weighted by Gasteiger charge is -2.23. The van der Waals surface area contributed by atoms with Crippen LogP contribution in [0.2, 0.25) is 0 Å². The molecule has 24 heavy (non-hydrogen) atoms. The van der Waals surface area contributed by atoms with Gasteiger partial charge in [-0.15, -0.1) is 0 Å². The second-order valence-electron chi connectivity index (χ2n) is 6.12. The van der Waals surface area contributed by atoms with E-state index in [1.807, 2.05) is 60.7 Å². The fourth-order valence-corrected chi connectivity index (χ4v) is 3.05. The van der Waals surface area contributed by atoms with Crippen LogP contribution in [0.3, 0.4) is 0 Å². The highest BCUT2D eigenvalue weighted by Gasteiger charge is 2.30. The first-order valence-electron chi connectivity index (χ1n) is 7.81. The number of aliphatic hydroxyl groups is 1. The van der Waals surface area contributed by atoms with Crippen LogP contribution < -0.4 is 5.63 Å². The van der Waals surface area contributed by atoms with E-state index in [0.29, 0.717) is 11.1 Å². The van der Waals surface area contributed by atoms with Gasteiger partial charge in [0, 0.05) is 5.39 Å². The summed E-state index contributed by atoms with van der Waals surface area (Å²) < 4.78 is 5.37. The highest BCUT2D eigenvalue weighted by molar-refractivity contribution is 5.83. The second kappa shape index (κ2) is 5.32. The predicted molar refractivity (Wildman–Crippen MR) is 95.1 cm³/mol. The zero-order valence-electron chi connectivity index (χ0n) is 13.2. The molecule has 0 amide bonds. The Balaban J connectivity index is 1.92. The molecule has 3 heteroatoms. The molecule has 0 aliphatic carbocycles. The molecular weight excluding hydrogens is 300 g/mol. The van der Waals surface area contributed by atoms with Crippen molar-refractivity contribution in [3.05, 3.63) is 94.3 Å². The van der Waals surface area contributed by atoms with Crippen LogP contribution in [0.4, 0.5) is 0 Å². The molecule has 1 N–H and O–H groups in total. The fourth-order valence-electron chi connectivity index (χ4n) is 3.05. The van der Waals surface area contributed by atoms with E-state index >= 15 is 0 Å². The molecule has 1 unspecified atom stereocenters. The van der Waals surface area contributed by atoms with E-state index in [1.165, 1.54) is 0 Å². The highest BCUT2D eigenvalue weighted by Crippen LogP contribution is 2.31. The molecular formula is C21H16O3. The molecule has 0 radical (unpaired) electrons. The van der Waals surface area contributed by atoms with E-state index in [0.717, 1.165) is 16.2 Å². The van der Waals surface area contributed by atoms with Crippen molar-refractivity contribution >= 4 is 21.7 Å². The monoisotopic (exact) mass is 316 g/mol. The third-order valence-electron chi connectivity index (χ3n) is 4.48. The Morgan fingerprint density at radius 2 is 1.50 bits per heavy atom. The Morgan fingerprint density at radius 1 is 0.833 bits per heavy atom. The van der Waals surface area contributed by atoms with Gasteiger partial charge in [0.25, 0.3) is 0 Å². The van der Waals surface area contributed by atoms with Crippen LogP contribution in [-0.4, -0.2) is 5.11 Å². The maximum absolute atomic E-state index is 12.4. The summed E-state index contributed by atoms with van der Waals surface area (Å²) in [7, 11) is 0. The molecule has 118 valence electrons. The third-order valence-corrected chi connectivity index (χ3v) is 4.48. The van der Waals surface area contributed by atoms with Crippen molar-refractivity contribution in [2.45, 2.75) is 12.5 Å². The van der Waals surface area contributed by atoms with Gasteiger partial charge >= 0.3 is 5.63 Å². The molecule has 0 fully saturated rings. The van der Waals surface area contributed by atoms with E-state index in [1.54, 1.807) is 19.1 Å². The summed E-state index contributed by atoms with van der Waals surface area (Å²) in [6, 6.07) is 22.6. The van der Waals surface area contributed by atoms with E-state index in [-0.39, 0.29) is 5.56 Å². The van der Waals surface area contributed by atoms with Gasteiger partial charge in [-0.1, -0.05) is 54.6 Å². The summed E-state index contributed by atoms with van der Waals surface area (Å²) in [5, 5.41) is 14.0. The topological polar surface area (TPSA) is 50.4 Å². The molecule has 0 saturated carbocycles. The van der Waals surface area contributed by atoms with E-state index in [4.69, 9.17) is 4.42 Å². The third kappa shape index (κ3) is 2.30. The van der Waals surface area contributed by atoms with Crippen LogP contribution in [-0.2, 0) is 5.60 Å². The molecule has 0 aliphatic rings. The smallest absolute Gasteiger partial charge is 0.342 e. The Hall–Kier alpha value is -2.91. The van der Waals surface area contributed by atoms with Crippen molar-refractivity contribution in [2.75, 3.05) is 0 Å². The minimum atomic E-state index is -1.44. The number of para-hydroxylation sites is 1. The molecule has 0 saturated heterocycles. The lowest BCUT2D eigenvalue weighted by atomic mass is 9.87. The standard InChI is InChI=1S/C21H16O3/c1-21(23,17-11-10-14-6-2-3-7-15(14)12-17)18-13-16-8-4-5-9-19(16)24-20(18)22/h2-13,23H,1H3. The van der Waals surface area contributed by atoms with Crippen molar-refractivity contribution in [3.8, 4) is 0 Å². The molecule has 4 rings (SSSR count). The Kier molecular flexibility index (Phi) is 3.25. The van der Waals surface area contributed by atoms with Crippen molar-refractivity contribution in [1.82, 2.24) is 0 Å². The van der Waals surface area contributed by atoms with Gasteiger partial charge in [-0.3, -0.25) is 0 Å². The fraction of sp³-hybridized carbons (Fsp3) is 0.0952. The molecule has 0 bridgehead atoms. The molecule has 3 aromatic carbocycles. The number of rotatable bonds is 2. The number of hydrogen-bond acceptors (Lipinski definition) is 3.